The van der Waals surface area contributed by atoms with Crippen molar-refractivity contribution in [2.24, 2.45) is 0 Å². The van der Waals surface area contributed by atoms with Gasteiger partial charge >= 0.3 is 0 Å². The van der Waals surface area contributed by atoms with Crippen LogP contribution < -0.4 is 10.6 Å². The summed E-state index contributed by atoms with van der Waals surface area (Å²) in [5.41, 5.74) is 3.66. The first-order valence-corrected chi connectivity index (χ1v) is 9.23. The first-order valence-electron chi connectivity index (χ1n) is 8.85. The Labute approximate surface area is 163 Å². The molecule has 1 heterocycles. The number of aryl methyl sites for hydroxylation is 1. The normalized spacial score (nSPS) is 10.4. The van der Waals surface area contributed by atoms with Crippen molar-refractivity contribution in [1.82, 2.24) is 15.3 Å². The molecule has 0 aliphatic carbocycles. The van der Waals surface area contributed by atoms with Gasteiger partial charge in [-0.25, -0.2) is 9.97 Å². The SMILES string of the molecule is CCc1ccccc1Nc1ncc(C(=O)NCCc2cccc(Cl)c2)cn1. The van der Waals surface area contributed by atoms with Gasteiger partial charge in [0.15, 0.2) is 0 Å². The minimum Gasteiger partial charge on any atom is -0.352 e. The predicted octanol–water partition coefficient (Wildman–Crippen LogP) is 4.41. The first kappa shape index (κ1) is 18.9. The lowest BCUT2D eigenvalue weighted by Gasteiger charge is -2.10. The number of benzene rings is 2. The summed E-state index contributed by atoms with van der Waals surface area (Å²) >= 11 is 5.96. The molecule has 0 atom stereocenters. The Balaban J connectivity index is 1.55. The summed E-state index contributed by atoms with van der Waals surface area (Å²) in [6.45, 7) is 2.61. The second kappa shape index (κ2) is 9.14. The van der Waals surface area contributed by atoms with Crippen LogP contribution in [0.5, 0.6) is 0 Å². The highest BCUT2D eigenvalue weighted by molar-refractivity contribution is 6.30. The summed E-state index contributed by atoms with van der Waals surface area (Å²) in [6.07, 6.45) is 4.67. The number of nitrogens with one attached hydrogen (secondary N) is 2. The second-order valence-electron chi connectivity index (χ2n) is 6.07. The van der Waals surface area contributed by atoms with Crippen LogP contribution in [0.25, 0.3) is 0 Å². The van der Waals surface area contributed by atoms with Crippen molar-refractivity contribution in [2.75, 3.05) is 11.9 Å². The number of amides is 1. The third-order valence-corrected chi connectivity index (χ3v) is 4.38. The van der Waals surface area contributed by atoms with E-state index in [1.165, 1.54) is 18.0 Å². The molecule has 1 aromatic heterocycles. The molecule has 2 N–H and O–H groups in total. The van der Waals surface area contributed by atoms with Crippen molar-refractivity contribution >= 4 is 29.1 Å². The Morgan fingerprint density at radius 2 is 1.85 bits per heavy atom. The molecule has 6 heteroatoms. The average Bonchev–Trinajstić information content (AvgIpc) is 2.69. The van der Waals surface area contributed by atoms with Crippen LogP contribution in [-0.4, -0.2) is 22.4 Å². The van der Waals surface area contributed by atoms with Crippen molar-refractivity contribution in [1.29, 1.82) is 0 Å². The lowest BCUT2D eigenvalue weighted by atomic mass is 10.1. The summed E-state index contributed by atoms with van der Waals surface area (Å²) in [5, 5.41) is 6.76. The van der Waals surface area contributed by atoms with E-state index in [9.17, 15) is 4.79 Å². The predicted molar refractivity (Wildman–Crippen MR) is 109 cm³/mol. The van der Waals surface area contributed by atoms with Crippen molar-refractivity contribution in [3.8, 4) is 0 Å². The minimum absolute atomic E-state index is 0.197. The Kier molecular flexibility index (Phi) is 6.39. The molecule has 0 aliphatic heterocycles. The van der Waals surface area contributed by atoms with E-state index in [-0.39, 0.29) is 5.91 Å². The summed E-state index contributed by atoms with van der Waals surface area (Å²) in [5.74, 6) is 0.268. The number of aromatic nitrogens is 2. The number of carbonyl (C=O) groups is 1. The molecule has 0 aliphatic rings. The number of halogens is 1. The van der Waals surface area contributed by atoms with E-state index in [0.29, 0.717) is 29.5 Å². The van der Waals surface area contributed by atoms with Crippen LogP contribution in [0, 0.1) is 0 Å². The van der Waals surface area contributed by atoms with Crippen LogP contribution in [0.4, 0.5) is 11.6 Å². The number of carbonyl (C=O) groups excluding carboxylic acids is 1. The maximum atomic E-state index is 12.2. The highest BCUT2D eigenvalue weighted by Crippen LogP contribution is 2.18. The topological polar surface area (TPSA) is 66.9 Å². The number of nitrogens with zero attached hydrogens (tertiary/aromatic N) is 2. The van der Waals surface area contributed by atoms with E-state index in [1.54, 1.807) is 0 Å². The Morgan fingerprint density at radius 3 is 2.59 bits per heavy atom. The van der Waals surface area contributed by atoms with Gasteiger partial charge in [0.1, 0.15) is 0 Å². The maximum absolute atomic E-state index is 12.2. The third-order valence-electron chi connectivity index (χ3n) is 4.15. The zero-order chi connectivity index (χ0) is 19.1. The summed E-state index contributed by atoms with van der Waals surface area (Å²) in [4.78, 5) is 20.7. The molecular weight excluding hydrogens is 360 g/mol. The largest absolute Gasteiger partial charge is 0.352 e. The average molecular weight is 381 g/mol. The lowest BCUT2D eigenvalue weighted by Crippen LogP contribution is -2.26. The fourth-order valence-electron chi connectivity index (χ4n) is 2.70. The van der Waals surface area contributed by atoms with E-state index in [4.69, 9.17) is 11.6 Å². The smallest absolute Gasteiger partial charge is 0.254 e. The lowest BCUT2D eigenvalue weighted by molar-refractivity contribution is 0.0953. The third kappa shape index (κ3) is 5.28. The number of hydrogen-bond acceptors (Lipinski definition) is 4. The highest BCUT2D eigenvalue weighted by atomic mass is 35.5. The van der Waals surface area contributed by atoms with Crippen LogP contribution >= 0.6 is 11.6 Å². The molecular formula is C21H21ClN4O. The van der Waals surface area contributed by atoms with Crippen molar-refractivity contribution < 1.29 is 4.79 Å². The fraction of sp³-hybridized carbons (Fsp3) is 0.190. The van der Waals surface area contributed by atoms with Gasteiger partial charge in [-0.3, -0.25) is 4.79 Å². The standard InChI is InChI=1S/C21H21ClN4O/c1-2-16-7-3-4-9-19(16)26-21-24-13-17(14-25-21)20(27)23-11-10-15-6-5-8-18(22)12-15/h3-9,12-14H,2,10-11H2,1H3,(H,23,27)(H,24,25,26). The molecule has 0 fully saturated rings. The zero-order valence-corrected chi connectivity index (χ0v) is 15.8. The molecule has 2 aromatic carbocycles. The molecule has 0 saturated carbocycles. The Morgan fingerprint density at radius 1 is 1.07 bits per heavy atom. The van der Waals surface area contributed by atoms with Crippen LogP contribution in [0.3, 0.4) is 0 Å². The van der Waals surface area contributed by atoms with Crippen LogP contribution in [0.2, 0.25) is 5.02 Å². The van der Waals surface area contributed by atoms with E-state index in [2.05, 4.69) is 33.6 Å². The van der Waals surface area contributed by atoms with Crippen molar-refractivity contribution in [3.05, 3.63) is 82.6 Å². The Bertz CT molecular complexity index is 912. The van der Waals surface area contributed by atoms with Crippen LogP contribution in [0.1, 0.15) is 28.4 Å². The zero-order valence-electron chi connectivity index (χ0n) is 15.1. The molecule has 138 valence electrons. The molecule has 0 saturated heterocycles. The van der Waals surface area contributed by atoms with Gasteiger partial charge in [-0.15, -0.1) is 0 Å². The molecule has 0 bridgehead atoms. The van der Waals surface area contributed by atoms with Gasteiger partial charge in [-0.1, -0.05) is 48.9 Å². The molecule has 3 aromatic rings. The number of rotatable bonds is 7. The fourth-order valence-corrected chi connectivity index (χ4v) is 2.91. The highest BCUT2D eigenvalue weighted by Gasteiger charge is 2.08. The van der Waals surface area contributed by atoms with Gasteiger partial charge in [0.2, 0.25) is 5.95 Å². The van der Waals surface area contributed by atoms with E-state index in [1.807, 2.05) is 42.5 Å². The van der Waals surface area contributed by atoms with Gasteiger partial charge in [0, 0.05) is 29.6 Å². The van der Waals surface area contributed by atoms with Gasteiger partial charge in [0.05, 0.1) is 5.56 Å². The second-order valence-corrected chi connectivity index (χ2v) is 6.50. The Hall–Kier alpha value is -2.92. The molecule has 3 rings (SSSR count). The molecule has 1 amide bonds. The summed E-state index contributed by atoms with van der Waals surface area (Å²) < 4.78 is 0. The van der Waals surface area contributed by atoms with Gasteiger partial charge in [0.25, 0.3) is 5.91 Å². The van der Waals surface area contributed by atoms with E-state index >= 15 is 0 Å². The molecule has 5 nitrogen and oxygen atoms in total. The molecule has 0 radical (unpaired) electrons. The number of anilines is 2. The molecule has 27 heavy (non-hydrogen) atoms. The van der Waals surface area contributed by atoms with E-state index in [0.717, 1.165) is 17.7 Å². The molecule has 0 unspecified atom stereocenters. The van der Waals surface area contributed by atoms with Gasteiger partial charge < -0.3 is 10.6 Å². The molecule has 0 spiro atoms. The van der Waals surface area contributed by atoms with Crippen LogP contribution in [0.15, 0.2) is 60.9 Å². The van der Waals surface area contributed by atoms with Crippen LogP contribution in [-0.2, 0) is 12.8 Å². The maximum Gasteiger partial charge on any atom is 0.254 e. The monoisotopic (exact) mass is 380 g/mol. The summed E-state index contributed by atoms with van der Waals surface area (Å²) in [7, 11) is 0. The minimum atomic E-state index is -0.197. The van der Waals surface area contributed by atoms with E-state index < -0.39 is 0 Å². The van der Waals surface area contributed by atoms with Crippen molar-refractivity contribution in [3.63, 3.8) is 0 Å². The van der Waals surface area contributed by atoms with Gasteiger partial charge in [-0.05, 0) is 42.2 Å². The number of hydrogen-bond donors (Lipinski definition) is 2. The first-order chi connectivity index (χ1) is 13.2. The summed E-state index contributed by atoms with van der Waals surface area (Å²) in [6, 6.07) is 15.6. The van der Waals surface area contributed by atoms with Crippen molar-refractivity contribution in [2.45, 2.75) is 19.8 Å². The van der Waals surface area contributed by atoms with Gasteiger partial charge in [-0.2, -0.15) is 0 Å². The number of para-hydroxylation sites is 1. The quantitative estimate of drug-likeness (QED) is 0.637.